The van der Waals surface area contributed by atoms with Gasteiger partial charge < -0.3 is 0 Å². The molecule has 3 fully saturated rings. The Hall–Kier alpha value is -1.84. The average molecular weight is 284 g/mol. The molecule has 4 aliphatic rings. The van der Waals surface area contributed by atoms with Gasteiger partial charge in [0.1, 0.15) is 11.6 Å². The summed E-state index contributed by atoms with van der Waals surface area (Å²) in [6.07, 6.45) is 4.21. The lowest BCUT2D eigenvalue weighted by Gasteiger charge is -2.61. The van der Waals surface area contributed by atoms with Gasteiger partial charge in [-0.3, -0.25) is 0 Å². The first kappa shape index (κ1) is 11.8. The first-order valence-corrected chi connectivity index (χ1v) is 7.43. The number of fused-ring (bicyclic) bond motifs is 2. The van der Waals surface area contributed by atoms with E-state index in [9.17, 15) is 8.78 Å². The standard InChI is InChI=1S/C17H14F2N2/c1-17-6-5-8-9-7-12(14-10(18)3-2-4-11(14)19)20-21-16(17)13(9)15(8)17/h2-4,7-8,13,15H,5-6H2,1H3/t8-,13?,15?,17-/m0/s1. The number of halogens is 2. The largest absolute Gasteiger partial charge is 0.206 e. The van der Waals surface area contributed by atoms with Crippen LogP contribution in [0, 0.1) is 34.8 Å². The summed E-state index contributed by atoms with van der Waals surface area (Å²) in [5.74, 6) is 0.484. The first-order valence-electron chi connectivity index (χ1n) is 7.43. The van der Waals surface area contributed by atoms with E-state index in [1.54, 1.807) is 0 Å². The van der Waals surface area contributed by atoms with Crippen LogP contribution in [-0.4, -0.2) is 11.4 Å². The monoisotopic (exact) mass is 284 g/mol. The van der Waals surface area contributed by atoms with Gasteiger partial charge in [-0.25, -0.2) is 8.78 Å². The summed E-state index contributed by atoms with van der Waals surface area (Å²) in [6.45, 7) is 2.26. The molecule has 0 bridgehead atoms. The van der Waals surface area contributed by atoms with Gasteiger partial charge in [-0.1, -0.05) is 18.6 Å². The van der Waals surface area contributed by atoms with Crippen LogP contribution in [0.15, 0.2) is 40.1 Å². The molecular weight excluding hydrogens is 270 g/mol. The van der Waals surface area contributed by atoms with Gasteiger partial charge in [0.05, 0.1) is 17.0 Å². The van der Waals surface area contributed by atoms with Gasteiger partial charge in [-0.05, 0) is 42.9 Å². The predicted octanol–water partition coefficient (Wildman–Crippen LogP) is 3.73. The predicted molar refractivity (Wildman–Crippen MR) is 76.2 cm³/mol. The lowest BCUT2D eigenvalue weighted by Crippen LogP contribution is -2.62. The van der Waals surface area contributed by atoms with E-state index >= 15 is 0 Å². The molecule has 0 amide bonds. The smallest absolute Gasteiger partial charge is 0.135 e. The molecule has 3 aliphatic carbocycles. The van der Waals surface area contributed by atoms with E-state index in [1.165, 1.54) is 23.8 Å². The maximum Gasteiger partial charge on any atom is 0.135 e. The third-order valence-electron chi connectivity index (χ3n) is 5.96. The minimum absolute atomic E-state index is 0.0554. The molecule has 0 N–H and O–H groups in total. The van der Waals surface area contributed by atoms with Crippen molar-refractivity contribution in [1.82, 2.24) is 0 Å². The SMILES string of the molecule is C[C@@]12CC[C@H]3C4=CC(c5c(F)cccc5F)=NN=C1C4C32. The fourth-order valence-electron chi connectivity index (χ4n) is 4.96. The Kier molecular flexibility index (Phi) is 1.96. The van der Waals surface area contributed by atoms with Crippen LogP contribution in [0.5, 0.6) is 0 Å². The van der Waals surface area contributed by atoms with Crippen LogP contribution in [0.4, 0.5) is 8.78 Å². The maximum atomic E-state index is 14.0. The quantitative estimate of drug-likeness (QED) is 0.751. The molecule has 1 aliphatic heterocycles. The first-order chi connectivity index (χ1) is 10.1. The summed E-state index contributed by atoms with van der Waals surface area (Å²) in [5.41, 5.74) is 2.86. The summed E-state index contributed by atoms with van der Waals surface area (Å²) in [4.78, 5) is 0. The second-order valence-corrected chi connectivity index (χ2v) is 6.78. The third-order valence-corrected chi connectivity index (χ3v) is 5.96. The molecule has 1 aromatic carbocycles. The van der Waals surface area contributed by atoms with Crippen molar-refractivity contribution < 1.29 is 8.78 Å². The van der Waals surface area contributed by atoms with Gasteiger partial charge in [0, 0.05) is 11.3 Å². The van der Waals surface area contributed by atoms with Gasteiger partial charge in [0.2, 0.25) is 0 Å². The minimum Gasteiger partial charge on any atom is -0.206 e. The minimum atomic E-state index is -0.577. The molecule has 0 saturated heterocycles. The Balaban J connectivity index is 1.70. The van der Waals surface area contributed by atoms with Crippen LogP contribution < -0.4 is 0 Å². The molecule has 0 aromatic heterocycles. The zero-order valence-electron chi connectivity index (χ0n) is 11.6. The molecule has 1 aromatic rings. The highest BCUT2D eigenvalue weighted by Crippen LogP contribution is 2.73. The molecule has 106 valence electrons. The van der Waals surface area contributed by atoms with Gasteiger partial charge in [-0.15, -0.1) is 0 Å². The Labute approximate surface area is 121 Å². The highest BCUT2D eigenvalue weighted by atomic mass is 19.1. The van der Waals surface area contributed by atoms with Gasteiger partial charge >= 0.3 is 0 Å². The number of allylic oxidation sites excluding steroid dienone is 2. The van der Waals surface area contributed by atoms with Gasteiger partial charge in [0.25, 0.3) is 0 Å². The van der Waals surface area contributed by atoms with Crippen LogP contribution in [0.3, 0.4) is 0 Å². The third kappa shape index (κ3) is 1.19. The molecule has 0 radical (unpaired) electrons. The van der Waals surface area contributed by atoms with Crippen LogP contribution in [-0.2, 0) is 0 Å². The van der Waals surface area contributed by atoms with Gasteiger partial charge in [0.15, 0.2) is 0 Å². The van der Waals surface area contributed by atoms with Crippen molar-refractivity contribution in [1.29, 1.82) is 0 Å². The number of hydrogen-bond acceptors (Lipinski definition) is 2. The highest BCUT2D eigenvalue weighted by Gasteiger charge is 2.71. The van der Waals surface area contributed by atoms with Crippen molar-refractivity contribution in [2.24, 2.45) is 33.4 Å². The molecule has 1 heterocycles. The summed E-state index contributed by atoms with van der Waals surface area (Å²) in [6, 6.07) is 3.91. The maximum absolute atomic E-state index is 14.0. The molecule has 0 spiro atoms. The lowest BCUT2D eigenvalue weighted by molar-refractivity contribution is 0.106. The molecule has 4 heteroatoms. The van der Waals surface area contributed by atoms with E-state index < -0.39 is 11.6 Å². The number of benzene rings is 1. The van der Waals surface area contributed by atoms with Gasteiger partial charge in [-0.2, -0.15) is 10.2 Å². The van der Waals surface area contributed by atoms with Crippen LogP contribution in [0.25, 0.3) is 0 Å². The summed E-state index contributed by atoms with van der Waals surface area (Å²) in [7, 11) is 0. The molecule has 5 rings (SSSR count). The summed E-state index contributed by atoms with van der Waals surface area (Å²) >= 11 is 0. The van der Waals surface area contributed by atoms with E-state index in [4.69, 9.17) is 0 Å². The van der Waals surface area contributed by atoms with Crippen molar-refractivity contribution in [2.75, 3.05) is 0 Å². The van der Waals surface area contributed by atoms with Crippen molar-refractivity contribution in [3.05, 3.63) is 47.0 Å². The van der Waals surface area contributed by atoms with Crippen molar-refractivity contribution in [3.63, 3.8) is 0 Å². The normalized spacial score (nSPS) is 38.4. The summed E-state index contributed by atoms with van der Waals surface area (Å²) in [5, 5.41) is 8.57. The second kappa shape index (κ2) is 3.49. The van der Waals surface area contributed by atoms with Crippen molar-refractivity contribution >= 4 is 11.4 Å². The lowest BCUT2D eigenvalue weighted by atomic mass is 9.42. The fraction of sp³-hybridized carbons (Fsp3) is 0.412. The van der Waals surface area contributed by atoms with E-state index in [0.717, 1.165) is 18.6 Å². The molecule has 4 atom stereocenters. The number of nitrogens with zero attached hydrogens (tertiary/aromatic N) is 2. The highest BCUT2D eigenvalue weighted by molar-refractivity contribution is 6.14. The zero-order valence-corrected chi connectivity index (χ0v) is 11.6. The Morgan fingerprint density at radius 2 is 1.95 bits per heavy atom. The second-order valence-electron chi connectivity index (χ2n) is 6.78. The van der Waals surface area contributed by atoms with Crippen LogP contribution in [0.1, 0.15) is 25.3 Å². The number of hydrogen-bond donors (Lipinski definition) is 0. The van der Waals surface area contributed by atoms with Crippen molar-refractivity contribution in [3.8, 4) is 0 Å². The Bertz CT molecular complexity index is 757. The molecule has 3 saturated carbocycles. The Morgan fingerprint density at radius 3 is 2.71 bits per heavy atom. The zero-order chi connectivity index (χ0) is 14.4. The fourth-order valence-corrected chi connectivity index (χ4v) is 4.96. The van der Waals surface area contributed by atoms with Crippen molar-refractivity contribution in [2.45, 2.75) is 19.8 Å². The average Bonchev–Trinajstić information content (AvgIpc) is 2.53. The van der Waals surface area contributed by atoms with E-state index in [-0.39, 0.29) is 11.0 Å². The van der Waals surface area contributed by atoms with Crippen LogP contribution >= 0.6 is 0 Å². The molecular formula is C17H14F2N2. The Morgan fingerprint density at radius 1 is 1.19 bits per heavy atom. The van der Waals surface area contributed by atoms with Crippen LogP contribution in [0.2, 0.25) is 0 Å². The molecule has 2 unspecified atom stereocenters. The molecule has 21 heavy (non-hydrogen) atoms. The number of rotatable bonds is 1. The summed E-state index contributed by atoms with van der Waals surface area (Å²) < 4.78 is 28.0. The van der Waals surface area contributed by atoms with E-state index in [2.05, 4.69) is 17.1 Å². The van der Waals surface area contributed by atoms with E-state index in [1.807, 2.05) is 6.08 Å². The topological polar surface area (TPSA) is 24.7 Å². The van der Waals surface area contributed by atoms with E-state index in [0.29, 0.717) is 23.5 Å². The molecule has 2 nitrogen and oxygen atoms in total.